The molecule has 8 nitrogen and oxygen atoms in total. The fourth-order valence-electron chi connectivity index (χ4n) is 2.83. The van der Waals surface area contributed by atoms with Crippen molar-refractivity contribution in [2.24, 2.45) is 4.99 Å². The van der Waals surface area contributed by atoms with E-state index in [-0.39, 0.29) is 10.5 Å². The van der Waals surface area contributed by atoms with Gasteiger partial charge >= 0.3 is 5.97 Å². The molecule has 0 amide bonds. The van der Waals surface area contributed by atoms with E-state index in [1.54, 1.807) is 12.1 Å². The summed E-state index contributed by atoms with van der Waals surface area (Å²) in [5.74, 6) is -0.571. The highest BCUT2D eigenvalue weighted by atomic mass is 32.2. The molecule has 0 atom stereocenters. The molecule has 10 heteroatoms. The predicted octanol–water partition coefficient (Wildman–Crippen LogP) is -0.482. The molecule has 1 aromatic carbocycles. The van der Waals surface area contributed by atoms with Gasteiger partial charge in [0, 0.05) is 17.9 Å². The Morgan fingerprint density at radius 2 is 2.15 bits per heavy atom. The quantitative estimate of drug-likeness (QED) is 0.512. The molecular weight excluding hydrogens is 378 g/mol. The minimum atomic E-state index is -3.74. The number of rotatable bonds is 5. The Balaban J connectivity index is 1.65. The van der Waals surface area contributed by atoms with Gasteiger partial charge in [0.15, 0.2) is 5.17 Å². The molecular formula is C16H22N3O5S2+. The molecule has 3 rings (SSSR count). The number of thioether (sulfide) groups is 1. The van der Waals surface area contributed by atoms with Crippen LogP contribution in [0.25, 0.3) is 0 Å². The first-order valence-electron chi connectivity index (χ1n) is 8.38. The van der Waals surface area contributed by atoms with Crippen molar-refractivity contribution in [2.75, 3.05) is 46.5 Å². The molecule has 0 aromatic heterocycles. The summed E-state index contributed by atoms with van der Waals surface area (Å²) in [6.45, 7) is 5.16. The van der Waals surface area contributed by atoms with E-state index in [1.807, 2.05) is 0 Å². The maximum atomic E-state index is 12.5. The lowest BCUT2D eigenvalue weighted by Crippen LogP contribution is -3.14. The average molecular weight is 401 g/mol. The van der Waals surface area contributed by atoms with Crippen LogP contribution in [0.15, 0.2) is 33.0 Å². The van der Waals surface area contributed by atoms with Crippen LogP contribution in [0.4, 0.5) is 0 Å². The van der Waals surface area contributed by atoms with Crippen LogP contribution in [-0.2, 0) is 19.5 Å². The van der Waals surface area contributed by atoms with E-state index in [0.29, 0.717) is 16.6 Å². The van der Waals surface area contributed by atoms with Crippen LogP contribution in [0.2, 0.25) is 0 Å². The highest BCUT2D eigenvalue weighted by molar-refractivity contribution is 8.16. The van der Waals surface area contributed by atoms with Crippen molar-refractivity contribution in [3.8, 4) is 0 Å². The number of morpholine rings is 1. The highest BCUT2D eigenvalue weighted by Crippen LogP contribution is 2.32. The molecule has 0 spiro atoms. The average Bonchev–Trinajstić information content (AvgIpc) is 2.65. The van der Waals surface area contributed by atoms with Gasteiger partial charge in [-0.1, -0.05) is 11.8 Å². The normalized spacial score (nSPS) is 21.0. The molecule has 2 N–H and O–H groups in total. The number of quaternary nitrogens is 1. The van der Waals surface area contributed by atoms with Gasteiger partial charge in [0.2, 0.25) is 0 Å². The highest BCUT2D eigenvalue weighted by Gasteiger charge is 2.28. The number of sulfonamides is 1. The summed E-state index contributed by atoms with van der Waals surface area (Å²) >= 11 is 1.25. The first kappa shape index (κ1) is 19.2. The van der Waals surface area contributed by atoms with Gasteiger partial charge in [0.05, 0.1) is 32.4 Å². The summed E-state index contributed by atoms with van der Waals surface area (Å²) in [6.07, 6.45) is 0.884. The maximum absolute atomic E-state index is 12.5. The van der Waals surface area contributed by atoms with Crippen LogP contribution in [-0.4, -0.2) is 66.1 Å². The van der Waals surface area contributed by atoms with Crippen LogP contribution in [0.1, 0.15) is 16.8 Å². The van der Waals surface area contributed by atoms with E-state index in [1.165, 1.54) is 29.8 Å². The third-order valence-electron chi connectivity index (χ3n) is 4.23. The van der Waals surface area contributed by atoms with Crippen molar-refractivity contribution in [3.05, 3.63) is 23.8 Å². The lowest BCUT2D eigenvalue weighted by Gasteiger charge is -2.23. The minimum Gasteiger partial charge on any atom is -0.465 e. The molecule has 0 bridgehead atoms. The summed E-state index contributed by atoms with van der Waals surface area (Å²) in [5, 5.41) is 0.361. The Morgan fingerprint density at radius 3 is 2.88 bits per heavy atom. The molecule has 2 heterocycles. The summed E-state index contributed by atoms with van der Waals surface area (Å²) in [6, 6.07) is 4.49. The molecule has 0 unspecified atom stereocenters. The van der Waals surface area contributed by atoms with E-state index >= 15 is 0 Å². The molecule has 0 aliphatic carbocycles. The van der Waals surface area contributed by atoms with Crippen molar-refractivity contribution >= 4 is 32.9 Å². The summed E-state index contributed by atoms with van der Waals surface area (Å²) in [4.78, 5) is 18.1. The van der Waals surface area contributed by atoms with Crippen LogP contribution >= 0.6 is 11.8 Å². The Kier molecular flexibility index (Phi) is 6.17. The molecule has 142 valence electrons. The van der Waals surface area contributed by atoms with Gasteiger partial charge in [-0.05, 0) is 18.2 Å². The van der Waals surface area contributed by atoms with Crippen molar-refractivity contribution in [2.45, 2.75) is 16.2 Å². The van der Waals surface area contributed by atoms with E-state index in [4.69, 9.17) is 4.74 Å². The summed E-state index contributed by atoms with van der Waals surface area (Å²) in [5.41, 5.74) is 0.200. The first-order valence-corrected chi connectivity index (χ1v) is 10.7. The smallest absolute Gasteiger partial charge is 0.337 e. The SMILES string of the molecule is COC(=O)c1ccc2c(c1)S(=O)(=O)NC(=NCCC[NH+]1CCOCC1)S2. The van der Waals surface area contributed by atoms with Crippen LogP contribution in [0, 0.1) is 0 Å². The van der Waals surface area contributed by atoms with Gasteiger partial charge in [-0.2, -0.15) is 0 Å². The standard InChI is InChI=1S/C16H21N3O5S2/c1-23-15(20)12-3-4-13-14(11-12)26(21,22)18-16(25-13)17-5-2-6-19-7-9-24-10-8-19/h3-4,11H,2,5-10H2,1H3,(H,17,18)/p+1. The van der Waals surface area contributed by atoms with Gasteiger partial charge in [-0.25, -0.2) is 13.2 Å². The second-order valence-corrected chi connectivity index (χ2v) is 8.69. The van der Waals surface area contributed by atoms with Crippen molar-refractivity contribution < 1.29 is 27.6 Å². The van der Waals surface area contributed by atoms with Crippen molar-refractivity contribution in [3.63, 3.8) is 0 Å². The molecule has 0 radical (unpaired) electrons. The topological polar surface area (TPSA) is 98.5 Å². The molecule has 1 saturated heterocycles. The number of hydrogen-bond donors (Lipinski definition) is 2. The second-order valence-electron chi connectivity index (χ2n) is 6.01. The number of benzene rings is 1. The summed E-state index contributed by atoms with van der Waals surface area (Å²) in [7, 11) is -2.49. The van der Waals surface area contributed by atoms with E-state index < -0.39 is 16.0 Å². The van der Waals surface area contributed by atoms with Gasteiger partial charge < -0.3 is 14.4 Å². The molecule has 0 saturated carbocycles. The first-order chi connectivity index (χ1) is 12.5. The monoisotopic (exact) mass is 400 g/mol. The number of methoxy groups -OCH3 is 1. The number of fused-ring (bicyclic) bond motifs is 1. The number of nitrogens with one attached hydrogen (secondary N) is 2. The minimum absolute atomic E-state index is 0.0714. The largest absolute Gasteiger partial charge is 0.465 e. The number of nitrogens with zero attached hydrogens (tertiary/aromatic N) is 1. The van der Waals surface area contributed by atoms with E-state index in [0.717, 1.165) is 39.3 Å². The number of hydrogen-bond acceptors (Lipinski definition) is 7. The van der Waals surface area contributed by atoms with Crippen molar-refractivity contribution in [1.82, 2.24) is 4.72 Å². The number of carbonyl (C=O) groups excluding carboxylic acids is 1. The van der Waals surface area contributed by atoms with Crippen molar-refractivity contribution in [1.29, 1.82) is 0 Å². The predicted molar refractivity (Wildman–Crippen MR) is 97.3 cm³/mol. The summed E-state index contributed by atoms with van der Waals surface area (Å²) < 4.78 is 37.3. The zero-order valence-corrected chi connectivity index (χ0v) is 16.1. The zero-order chi connectivity index (χ0) is 18.6. The Bertz CT molecular complexity index is 804. The van der Waals surface area contributed by atoms with Gasteiger partial charge in [-0.3, -0.25) is 9.71 Å². The van der Waals surface area contributed by atoms with E-state index in [2.05, 4.69) is 14.5 Å². The maximum Gasteiger partial charge on any atom is 0.337 e. The molecule has 2 aliphatic heterocycles. The molecule has 1 fully saturated rings. The fourth-order valence-corrected chi connectivity index (χ4v) is 5.46. The second kappa shape index (κ2) is 8.38. The Labute approximate surface area is 157 Å². The number of esters is 1. The number of amidine groups is 1. The van der Waals surface area contributed by atoms with Gasteiger partial charge in [-0.15, -0.1) is 0 Å². The lowest BCUT2D eigenvalue weighted by molar-refractivity contribution is -0.908. The Morgan fingerprint density at radius 1 is 1.38 bits per heavy atom. The third-order valence-corrected chi connectivity index (χ3v) is 6.86. The molecule has 26 heavy (non-hydrogen) atoms. The van der Waals surface area contributed by atoms with Crippen LogP contribution < -0.4 is 9.62 Å². The van der Waals surface area contributed by atoms with E-state index in [9.17, 15) is 13.2 Å². The van der Waals surface area contributed by atoms with Crippen LogP contribution in [0.5, 0.6) is 0 Å². The number of aliphatic imine (C=N–C) groups is 1. The van der Waals surface area contributed by atoms with Gasteiger partial charge in [0.1, 0.15) is 18.0 Å². The molecule has 1 aromatic rings. The fraction of sp³-hybridized carbons (Fsp3) is 0.500. The molecule has 2 aliphatic rings. The number of carbonyl (C=O) groups is 1. The van der Waals surface area contributed by atoms with Crippen LogP contribution in [0.3, 0.4) is 0 Å². The Hall–Kier alpha value is -1.62. The third kappa shape index (κ3) is 4.56. The zero-order valence-electron chi connectivity index (χ0n) is 14.5. The lowest BCUT2D eigenvalue weighted by atomic mass is 10.2. The van der Waals surface area contributed by atoms with Gasteiger partial charge in [0.25, 0.3) is 10.0 Å². The number of ether oxygens (including phenoxy) is 2.